The number of hydrogen-bond acceptors (Lipinski definition) is 2. The third-order valence-electron chi connectivity index (χ3n) is 1.75. The summed E-state index contributed by atoms with van der Waals surface area (Å²) in [6.45, 7) is 6.92. The minimum absolute atomic E-state index is 0. The third-order valence-corrected chi connectivity index (χ3v) is 1.75. The van der Waals surface area contributed by atoms with E-state index in [0.717, 1.165) is 6.61 Å². The maximum Gasteiger partial charge on any atom is 0.0528 e. The van der Waals surface area contributed by atoms with E-state index in [2.05, 4.69) is 13.8 Å². The molecule has 2 N–H and O–H groups in total. The second-order valence-corrected chi connectivity index (χ2v) is 3.21. The molecule has 0 bridgehead atoms. The first-order chi connectivity index (χ1) is 4.00. The van der Waals surface area contributed by atoms with Gasteiger partial charge in [0.2, 0.25) is 0 Å². The summed E-state index contributed by atoms with van der Waals surface area (Å²) in [5, 5.41) is 0. The molecule has 0 fully saturated rings. The lowest BCUT2D eigenvalue weighted by atomic mass is 9.87. The van der Waals surface area contributed by atoms with Gasteiger partial charge >= 0.3 is 0 Å². The third kappa shape index (κ3) is 4.09. The molecular weight excluding hydrogens is 150 g/mol. The van der Waals surface area contributed by atoms with E-state index in [1.807, 2.05) is 6.92 Å². The standard InChI is InChI=1S/C7H17NO.ClH/c1-6(8)7(2,3)5-9-4;/h6H,5,8H2,1-4H3;1H/t6-;/m0./s1. The first-order valence-electron chi connectivity index (χ1n) is 3.25. The van der Waals surface area contributed by atoms with Crippen molar-refractivity contribution in [1.29, 1.82) is 0 Å². The van der Waals surface area contributed by atoms with E-state index >= 15 is 0 Å². The van der Waals surface area contributed by atoms with Crippen LogP contribution in [0.4, 0.5) is 0 Å². The zero-order valence-corrected chi connectivity index (χ0v) is 7.99. The summed E-state index contributed by atoms with van der Waals surface area (Å²) in [5.41, 5.74) is 5.78. The van der Waals surface area contributed by atoms with Crippen LogP contribution >= 0.6 is 12.4 Å². The van der Waals surface area contributed by atoms with Crippen molar-refractivity contribution in [2.24, 2.45) is 11.1 Å². The Bertz CT molecular complexity index is 83.7. The van der Waals surface area contributed by atoms with E-state index in [1.165, 1.54) is 0 Å². The van der Waals surface area contributed by atoms with Gasteiger partial charge in [-0.3, -0.25) is 0 Å². The molecule has 0 aliphatic heterocycles. The van der Waals surface area contributed by atoms with E-state index < -0.39 is 0 Å². The quantitative estimate of drug-likeness (QED) is 0.691. The molecule has 0 aromatic heterocycles. The number of halogens is 1. The van der Waals surface area contributed by atoms with Crippen molar-refractivity contribution in [1.82, 2.24) is 0 Å². The smallest absolute Gasteiger partial charge is 0.0528 e. The predicted molar refractivity (Wildman–Crippen MR) is 46.6 cm³/mol. The van der Waals surface area contributed by atoms with E-state index in [1.54, 1.807) is 7.11 Å². The average molecular weight is 168 g/mol. The summed E-state index contributed by atoms with van der Waals surface area (Å²) >= 11 is 0. The van der Waals surface area contributed by atoms with Gasteiger partial charge in [0.1, 0.15) is 0 Å². The molecule has 1 atom stereocenters. The van der Waals surface area contributed by atoms with Gasteiger partial charge in [-0.15, -0.1) is 12.4 Å². The second-order valence-electron chi connectivity index (χ2n) is 3.21. The van der Waals surface area contributed by atoms with Crippen LogP contribution in [0, 0.1) is 5.41 Å². The molecule has 0 saturated heterocycles. The van der Waals surface area contributed by atoms with E-state index in [4.69, 9.17) is 10.5 Å². The predicted octanol–water partition coefficient (Wildman–Crippen LogP) is 1.43. The van der Waals surface area contributed by atoms with Gasteiger partial charge in [-0.2, -0.15) is 0 Å². The monoisotopic (exact) mass is 167 g/mol. The lowest BCUT2D eigenvalue weighted by Crippen LogP contribution is -2.37. The number of hydrogen-bond donors (Lipinski definition) is 1. The van der Waals surface area contributed by atoms with Crippen molar-refractivity contribution < 1.29 is 4.74 Å². The SMILES string of the molecule is COCC(C)(C)[C@H](C)N.Cl. The maximum atomic E-state index is 5.68. The Balaban J connectivity index is 0. The minimum Gasteiger partial charge on any atom is -0.384 e. The van der Waals surface area contributed by atoms with Crippen LogP contribution in [0.25, 0.3) is 0 Å². The summed E-state index contributed by atoms with van der Waals surface area (Å²) in [4.78, 5) is 0. The van der Waals surface area contributed by atoms with Gasteiger partial charge < -0.3 is 10.5 Å². The molecule has 0 aliphatic carbocycles. The van der Waals surface area contributed by atoms with Crippen LogP contribution in [0.3, 0.4) is 0 Å². The van der Waals surface area contributed by atoms with Crippen molar-refractivity contribution in [3.05, 3.63) is 0 Å². The highest BCUT2D eigenvalue weighted by atomic mass is 35.5. The van der Waals surface area contributed by atoms with Crippen LogP contribution in [0.2, 0.25) is 0 Å². The Morgan fingerprint density at radius 2 is 1.90 bits per heavy atom. The van der Waals surface area contributed by atoms with E-state index in [9.17, 15) is 0 Å². The first-order valence-corrected chi connectivity index (χ1v) is 3.25. The molecule has 0 saturated carbocycles. The molecular formula is C7H18ClNO. The number of ether oxygens (including phenoxy) is 1. The molecule has 3 heteroatoms. The van der Waals surface area contributed by atoms with Crippen LogP contribution < -0.4 is 5.73 Å². The highest BCUT2D eigenvalue weighted by molar-refractivity contribution is 5.85. The highest BCUT2D eigenvalue weighted by Crippen LogP contribution is 2.18. The van der Waals surface area contributed by atoms with Crippen LogP contribution in [0.1, 0.15) is 20.8 Å². The Kier molecular flexibility index (Phi) is 6.35. The maximum absolute atomic E-state index is 5.68. The van der Waals surface area contributed by atoms with Crippen LogP contribution in [-0.2, 0) is 4.74 Å². The lowest BCUT2D eigenvalue weighted by Gasteiger charge is -2.27. The fourth-order valence-electron chi connectivity index (χ4n) is 0.503. The van der Waals surface area contributed by atoms with Gasteiger partial charge in [0.15, 0.2) is 0 Å². The first kappa shape index (κ1) is 12.8. The van der Waals surface area contributed by atoms with Gasteiger partial charge in [-0.1, -0.05) is 13.8 Å². The molecule has 10 heavy (non-hydrogen) atoms. The summed E-state index contributed by atoms with van der Waals surface area (Å²) in [7, 11) is 1.70. The average Bonchev–Trinajstić information content (AvgIpc) is 1.65. The van der Waals surface area contributed by atoms with Crippen molar-refractivity contribution in [3.8, 4) is 0 Å². The number of rotatable bonds is 3. The van der Waals surface area contributed by atoms with Gasteiger partial charge in [0.05, 0.1) is 6.61 Å². The molecule has 0 amide bonds. The molecule has 0 aromatic rings. The summed E-state index contributed by atoms with van der Waals surface area (Å²) in [5.74, 6) is 0. The van der Waals surface area contributed by atoms with Gasteiger partial charge in [0.25, 0.3) is 0 Å². The van der Waals surface area contributed by atoms with Gasteiger partial charge in [-0.05, 0) is 6.92 Å². The zero-order valence-electron chi connectivity index (χ0n) is 7.18. The zero-order chi connectivity index (χ0) is 7.49. The molecule has 0 aromatic carbocycles. The molecule has 0 unspecified atom stereocenters. The fourth-order valence-corrected chi connectivity index (χ4v) is 0.503. The Hall–Kier alpha value is 0.210. The van der Waals surface area contributed by atoms with Crippen molar-refractivity contribution in [2.75, 3.05) is 13.7 Å². The summed E-state index contributed by atoms with van der Waals surface area (Å²) in [6, 6.07) is 0.192. The minimum atomic E-state index is 0. The molecule has 0 spiro atoms. The van der Waals surface area contributed by atoms with Gasteiger partial charge in [0, 0.05) is 18.6 Å². The fraction of sp³-hybridized carbons (Fsp3) is 1.00. The molecule has 0 aliphatic rings. The van der Waals surface area contributed by atoms with Crippen LogP contribution in [0.5, 0.6) is 0 Å². The van der Waals surface area contributed by atoms with Crippen LogP contribution in [-0.4, -0.2) is 19.8 Å². The van der Waals surface area contributed by atoms with Crippen molar-refractivity contribution >= 4 is 12.4 Å². The van der Waals surface area contributed by atoms with Crippen LogP contribution in [0.15, 0.2) is 0 Å². The van der Waals surface area contributed by atoms with E-state index in [0.29, 0.717) is 0 Å². The van der Waals surface area contributed by atoms with Crippen molar-refractivity contribution in [2.45, 2.75) is 26.8 Å². The summed E-state index contributed by atoms with van der Waals surface area (Å²) < 4.78 is 4.99. The topological polar surface area (TPSA) is 35.2 Å². The van der Waals surface area contributed by atoms with Crippen molar-refractivity contribution in [3.63, 3.8) is 0 Å². The highest BCUT2D eigenvalue weighted by Gasteiger charge is 2.21. The normalized spacial score (nSPS) is 14.1. The van der Waals surface area contributed by atoms with E-state index in [-0.39, 0.29) is 23.9 Å². The Morgan fingerprint density at radius 1 is 1.50 bits per heavy atom. The number of methoxy groups -OCH3 is 1. The van der Waals surface area contributed by atoms with Gasteiger partial charge in [-0.25, -0.2) is 0 Å². The lowest BCUT2D eigenvalue weighted by molar-refractivity contribution is 0.0898. The Labute approximate surface area is 69.5 Å². The summed E-state index contributed by atoms with van der Waals surface area (Å²) in [6.07, 6.45) is 0. The molecule has 2 nitrogen and oxygen atoms in total. The molecule has 64 valence electrons. The largest absolute Gasteiger partial charge is 0.384 e. The number of nitrogens with two attached hydrogens (primary N) is 1. The molecule has 0 heterocycles. The Morgan fingerprint density at radius 3 is 2.00 bits per heavy atom. The molecule has 0 radical (unpaired) electrons. The molecule has 0 rings (SSSR count). The second kappa shape index (κ2) is 4.94.